The summed E-state index contributed by atoms with van der Waals surface area (Å²) in [5.74, 6) is 1.78. The number of thiazole rings is 1. The molecule has 0 radical (unpaired) electrons. The van der Waals surface area contributed by atoms with E-state index in [-0.39, 0.29) is 5.75 Å². The van der Waals surface area contributed by atoms with Crippen molar-refractivity contribution in [2.24, 2.45) is 10.1 Å². The average molecular weight is 472 g/mol. The van der Waals surface area contributed by atoms with E-state index in [9.17, 15) is 5.11 Å². The fourth-order valence-electron chi connectivity index (χ4n) is 3.50. The number of hydrogen-bond donors (Lipinski definition) is 1. The third-order valence-corrected chi connectivity index (χ3v) is 6.01. The summed E-state index contributed by atoms with van der Waals surface area (Å²) in [5.41, 5.74) is 2.94. The lowest BCUT2D eigenvalue weighted by molar-refractivity contribution is 0.373. The van der Waals surface area contributed by atoms with Crippen molar-refractivity contribution >= 4 is 34.2 Å². The SMILES string of the molecule is COc1ccc(/C=N/n2c(-c3cc4ccccc4o3)csc2=Nc2ccccc2OC)cc1O. The molecule has 2 aromatic heterocycles. The van der Waals surface area contributed by atoms with E-state index in [0.29, 0.717) is 33.3 Å². The van der Waals surface area contributed by atoms with Crippen LogP contribution in [0, 0.1) is 0 Å². The van der Waals surface area contributed by atoms with Crippen LogP contribution in [0.2, 0.25) is 0 Å². The molecule has 34 heavy (non-hydrogen) atoms. The second-order valence-electron chi connectivity index (χ2n) is 7.32. The maximum atomic E-state index is 10.1. The number of fused-ring (bicyclic) bond motifs is 1. The molecule has 0 spiro atoms. The van der Waals surface area contributed by atoms with Gasteiger partial charge in [0.2, 0.25) is 4.80 Å². The van der Waals surface area contributed by atoms with E-state index >= 15 is 0 Å². The number of nitrogens with zero attached hydrogens (tertiary/aromatic N) is 3. The van der Waals surface area contributed by atoms with Gasteiger partial charge in [-0.25, -0.2) is 9.67 Å². The molecular formula is C26H21N3O4S. The molecule has 0 bridgehead atoms. The van der Waals surface area contributed by atoms with Crippen molar-refractivity contribution in [1.82, 2.24) is 4.68 Å². The predicted octanol–water partition coefficient (Wildman–Crippen LogP) is 5.80. The largest absolute Gasteiger partial charge is 0.504 e. The summed E-state index contributed by atoms with van der Waals surface area (Å²) in [5, 5.41) is 17.8. The highest BCUT2D eigenvalue weighted by atomic mass is 32.1. The molecule has 0 amide bonds. The zero-order chi connectivity index (χ0) is 23.5. The maximum absolute atomic E-state index is 10.1. The lowest BCUT2D eigenvalue weighted by Gasteiger charge is -2.05. The van der Waals surface area contributed by atoms with Crippen molar-refractivity contribution in [3.05, 3.63) is 88.5 Å². The van der Waals surface area contributed by atoms with E-state index in [1.807, 2.05) is 66.0 Å². The van der Waals surface area contributed by atoms with Crippen LogP contribution in [0.3, 0.4) is 0 Å². The molecule has 0 aliphatic heterocycles. The smallest absolute Gasteiger partial charge is 0.211 e. The summed E-state index contributed by atoms with van der Waals surface area (Å²) in [7, 11) is 3.13. The third-order valence-electron chi connectivity index (χ3n) is 5.19. The maximum Gasteiger partial charge on any atom is 0.211 e. The number of ether oxygens (including phenoxy) is 2. The molecule has 170 valence electrons. The van der Waals surface area contributed by atoms with Gasteiger partial charge in [0.05, 0.1) is 20.4 Å². The molecule has 1 N–H and O–H groups in total. The van der Waals surface area contributed by atoms with Gasteiger partial charge in [-0.1, -0.05) is 30.3 Å². The molecule has 5 rings (SSSR count). The van der Waals surface area contributed by atoms with Gasteiger partial charge in [-0.2, -0.15) is 5.10 Å². The number of para-hydroxylation sites is 3. The number of phenolic OH excluding ortho intramolecular Hbond substituents is 1. The van der Waals surface area contributed by atoms with Crippen molar-refractivity contribution < 1.29 is 19.0 Å². The molecule has 3 aromatic carbocycles. The Morgan fingerprint density at radius 3 is 2.53 bits per heavy atom. The third kappa shape index (κ3) is 4.18. The fraction of sp³-hybridized carbons (Fsp3) is 0.0769. The summed E-state index contributed by atoms with van der Waals surface area (Å²) in [6, 6.07) is 22.5. The number of hydrogen-bond acceptors (Lipinski definition) is 7. The van der Waals surface area contributed by atoms with Crippen molar-refractivity contribution in [2.75, 3.05) is 14.2 Å². The second kappa shape index (κ2) is 9.29. The molecule has 0 saturated carbocycles. The van der Waals surface area contributed by atoms with Crippen molar-refractivity contribution in [3.63, 3.8) is 0 Å². The first-order valence-electron chi connectivity index (χ1n) is 10.4. The van der Waals surface area contributed by atoms with Crippen LogP contribution in [0.5, 0.6) is 17.2 Å². The Labute approximate surface area is 199 Å². The Morgan fingerprint density at radius 2 is 1.74 bits per heavy atom. The van der Waals surface area contributed by atoms with E-state index in [1.54, 1.807) is 30.1 Å². The topological polar surface area (TPSA) is 81.5 Å². The highest BCUT2D eigenvalue weighted by Crippen LogP contribution is 2.30. The van der Waals surface area contributed by atoms with Gasteiger partial charge < -0.3 is 19.0 Å². The number of aromatic hydroxyl groups is 1. The monoisotopic (exact) mass is 471 g/mol. The van der Waals surface area contributed by atoms with Crippen LogP contribution >= 0.6 is 11.3 Å². The average Bonchev–Trinajstić information content (AvgIpc) is 3.47. The first-order valence-corrected chi connectivity index (χ1v) is 11.3. The summed E-state index contributed by atoms with van der Waals surface area (Å²) in [4.78, 5) is 5.43. The van der Waals surface area contributed by atoms with Gasteiger partial charge in [0.25, 0.3) is 0 Å². The fourth-order valence-corrected chi connectivity index (χ4v) is 4.33. The van der Waals surface area contributed by atoms with Crippen LogP contribution in [-0.2, 0) is 0 Å². The second-order valence-corrected chi connectivity index (χ2v) is 8.16. The van der Waals surface area contributed by atoms with Gasteiger partial charge in [-0.3, -0.25) is 0 Å². The lowest BCUT2D eigenvalue weighted by Crippen LogP contribution is -2.11. The molecule has 0 unspecified atom stereocenters. The highest BCUT2D eigenvalue weighted by Gasteiger charge is 2.13. The van der Waals surface area contributed by atoms with Gasteiger partial charge >= 0.3 is 0 Å². The normalized spacial score (nSPS) is 12.0. The number of phenols is 1. The molecule has 5 aromatic rings. The van der Waals surface area contributed by atoms with Crippen LogP contribution in [0.25, 0.3) is 22.4 Å². The number of furan rings is 1. The molecule has 0 saturated heterocycles. The molecule has 0 atom stereocenters. The van der Waals surface area contributed by atoms with E-state index in [4.69, 9.17) is 18.9 Å². The van der Waals surface area contributed by atoms with Crippen LogP contribution < -0.4 is 14.3 Å². The number of rotatable bonds is 6. The summed E-state index contributed by atoms with van der Waals surface area (Å²) in [6.07, 6.45) is 1.65. The minimum Gasteiger partial charge on any atom is -0.504 e. The Kier molecular flexibility index (Phi) is 5.88. The Hall–Kier alpha value is -4.30. The molecule has 0 aliphatic rings. The van der Waals surface area contributed by atoms with E-state index in [0.717, 1.165) is 16.7 Å². The standard InChI is InChI=1S/C26H21N3O4S/c1-31-23-10-6-4-8-19(23)28-26-29(27-15-17-11-12-24(32-2)21(30)13-17)20(16-34-26)25-14-18-7-3-5-9-22(18)33-25/h3-16,30H,1-2H3/b27-15+,28-26?. The highest BCUT2D eigenvalue weighted by molar-refractivity contribution is 7.07. The predicted molar refractivity (Wildman–Crippen MR) is 133 cm³/mol. The first kappa shape index (κ1) is 21.5. The molecular weight excluding hydrogens is 450 g/mol. The van der Waals surface area contributed by atoms with Gasteiger partial charge in [0.15, 0.2) is 17.3 Å². The summed E-state index contributed by atoms with van der Waals surface area (Å²) in [6.45, 7) is 0. The minimum atomic E-state index is 0.0400. The Bertz CT molecular complexity index is 1530. The van der Waals surface area contributed by atoms with Gasteiger partial charge in [-0.15, -0.1) is 11.3 Å². The van der Waals surface area contributed by atoms with E-state index < -0.39 is 0 Å². The number of benzene rings is 3. The van der Waals surface area contributed by atoms with Crippen molar-refractivity contribution in [1.29, 1.82) is 0 Å². The molecule has 0 aliphatic carbocycles. The van der Waals surface area contributed by atoms with Crippen LogP contribution in [0.4, 0.5) is 5.69 Å². The van der Waals surface area contributed by atoms with Crippen molar-refractivity contribution in [2.45, 2.75) is 0 Å². The van der Waals surface area contributed by atoms with Crippen LogP contribution in [0.1, 0.15) is 5.56 Å². The molecule has 0 fully saturated rings. The van der Waals surface area contributed by atoms with Gasteiger partial charge in [-0.05, 0) is 48.0 Å². The Morgan fingerprint density at radius 1 is 0.941 bits per heavy atom. The lowest BCUT2D eigenvalue weighted by atomic mass is 10.2. The van der Waals surface area contributed by atoms with Crippen molar-refractivity contribution in [3.8, 4) is 28.7 Å². The van der Waals surface area contributed by atoms with Gasteiger partial charge in [0, 0.05) is 10.8 Å². The molecule has 7 nitrogen and oxygen atoms in total. The summed E-state index contributed by atoms with van der Waals surface area (Å²) < 4.78 is 18.4. The Balaban J connectivity index is 1.65. The number of aromatic nitrogens is 1. The first-order chi connectivity index (χ1) is 16.7. The molecule has 2 heterocycles. The molecule has 8 heteroatoms. The van der Waals surface area contributed by atoms with E-state index in [1.165, 1.54) is 18.4 Å². The van der Waals surface area contributed by atoms with E-state index in [2.05, 4.69) is 5.10 Å². The summed E-state index contributed by atoms with van der Waals surface area (Å²) >= 11 is 1.44. The van der Waals surface area contributed by atoms with Crippen LogP contribution in [0.15, 0.2) is 92.7 Å². The zero-order valence-corrected chi connectivity index (χ0v) is 19.3. The zero-order valence-electron chi connectivity index (χ0n) is 18.5. The van der Waals surface area contributed by atoms with Gasteiger partial charge in [0.1, 0.15) is 22.7 Å². The van der Waals surface area contributed by atoms with Crippen LogP contribution in [-0.4, -0.2) is 30.2 Å². The minimum absolute atomic E-state index is 0.0400. The quantitative estimate of drug-likeness (QED) is 0.317. The number of methoxy groups -OCH3 is 2.